The monoisotopic (exact) mass is 333 g/mol. The molecule has 1 N–H and O–H groups in total. The summed E-state index contributed by atoms with van der Waals surface area (Å²) in [6.45, 7) is 5.83. The maximum atomic E-state index is 12.6. The number of hydrogen-bond donors (Lipinski definition) is 1. The quantitative estimate of drug-likeness (QED) is 0.922. The summed E-state index contributed by atoms with van der Waals surface area (Å²) in [5.41, 5.74) is 0. The van der Waals surface area contributed by atoms with Crippen LogP contribution in [0.2, 0.25) is 0 Å². The molecule has 3 rings (SSSR count). The maximum Gasteiger partial charge on any atom is 0.228 e. The van der Waals surface area contributed by atoms with Crippen molar-refractivity contribution in [3.63, 3.8) is 0 Å². The molecule has 1 aromatic heterocycles. The van der Waals surface area contributed by atoms with E-state index in [2.05, 4.69) is 17.4 Å². The van der Waals surface area contributed by atoms with E-state index < -0.39 is 0 Å². The topological polar surface area (TPSA) is 75.4 Å². The van der Waals surface area contributed by atoms with Crippen molar-refractivity contribution in [3.8, 4) is 0 Å². The standard InChI is InChI=1S/C18H27N3O3/c1-12-7-9-21(10-8-12)18(23)15-5-3-14(4-6-15)17(22)19-16-11-13(2)24-20-16/h11-12,14-15H,3-10H2,1-2H3,(H,19,20,22). The molecule has 2 fully saturated rings. The zero-order chi connectivity index (χ0) is 17.1. The molecular formula is C18H27N3O3. The number of rotatable bonds is 3. The van der Waals surface area contributed by atoms with E-state index in [4.69, 9.17) is 4.52 Å². The first kappa shape index (κ1) is 17.0. The highest BCUT2D eigenvalue weighted by Gasteiger charge is 2.33. The summed E-state index contributed by atoms with van der Waals surface area (Å²) in [6, 6.07) is 1.71. The van der Waals surface area contributed by atoms with Gasteiger partial charge in [-0.15, -0.1) is 0 Å². The number of aryl methyl sites for hydroxylation is 1. The van der Waals surface area contributed by atoms with Gasteiger partial charge in [-0.3, -0.25) is 9.59 Å². The van der Waals surface area contributed by atoms with Gasteiger partial charge < -0.3 is 14.7 Å². The van der Waals surface area contributed by atoms with E-state index in [0.29, 0.717) is 17.5 Å². The highest BCUT2D eigenvalue weighted by molar-refractivity contribution is 5.91. The molecule has 0 radical (unpaired) electrons. The van der Waals surface area contributed by atoms with Crippen LogP contribution in [0.25, 0.3) is 0 Å². The first-order chi connectivity index (χ1) is 11.5. The molecule has 0 bridgehead atoms. The minimum Gasteiger partial charge on any atom is -0.360 e. The number of carbonyl (C=O) groups excluding carboxylic acids is 2. The smallest absolute Gasteiger partial charge is 0.228 e. The number of likely N-dealkylation sites (tertiary alicyclic amines) is 1. The summed E-state index contributed by atoms with van der Waals surface area (Å²) in [6.07, 6.45) is 5.37. The molecule has 0 spiro atoms. The number of carbonyl (C=O) groups is 2. The van der Waals surface area contributed by atoms with Crippen molar-refractivity contribution in [3.05, 3.63) is 11.8 Å². The first-order valence-electron chi connectivity index (χ1n) is 9.06. The largest absolute Gasteiger partial charge is 0.360 e. The van der Waals surface area contributed by atoms with Gasteiger partial charge in [-0.05, 0) is 51.4 Å². The number of amides is 2. The Kier molecular flexibility index (Phi) is 5.21. The predicted molar refractivity (Wildman–Crippen MR) is 90.3 cm³/mol. The van der Waals surface area contributed by atoms with Gasteiger partial charge in [-0.25, -0.2) is 0 Å². The second-order valence-electron chi connectivity index (χ2n) is 7.37. The van der Waals surface area contributed by atoms with Crippen LogP contribution in [0, 0.1) is 24.7 Å². The first-order valence-corrected chi connectivity index (χ1v) is 9.06. The Balaban J connectivity index is 1.46. The summed E-state index contributed by atoms with van der Waals surface area (Å²) in [5, 5.41) is 6.60. The van der Waals surface area contributed by atoms with Gasteiger partial charge in [0.15, 0.2) is 5.82 Å². The number of hydrogen-bond acceptors (Lipinski definition) is 4. The molecule has 0 atom stereocenters. The zero-order valence-corrected chi connectivity index (χ0v) is 14.6. The van der Waals surface area contributed by atoms with E-state index in [1.54, 1.807) is 13.0 Å². The highest BCUT2D eigenvalue weighted by Crippen LogP contribution is 2.32. The van der Waals surface area contributed by atoms with Crippen molar-refractivity contribution < 1.29 is 14.1 Å². The molecule has 2 aliphatic rings. The molecule has 6 heteroatoms. The van der Waals surface area contributed by atoms with Gasteiger partial charge in [-0.2, -0.15) is 0 Å². The molecule has 132 valence electrons. The SMILES string of the molecule is Cc1cc(NC(=O)C2CCC(C(=O)N3CCC(C)CC3)CC2)no1. The molecule has 1 aromatic rings. The maximum absolute atomic E-state index is 12.6. The lowest BCUT2D eigenvalue weighted by Crippen LogP contribution is -2.42. The second-order valence-corrected chi connectivity index (χ2v) is 7.37. The molecule has 2 heterocycles. The fraction of sp³-hybridized carbons (Fsp3) is 0.722. The van der Waals surface area contributed by atoms with E-state index in [-0.39, 0.29) is 17.7 Å². The van der Waals surface area contributed by atoms with E-state index in [1.807, 2.05) is 4.90 Å². The van der Waals surface area contributed by atoms with Gasteiger partial charge in [0.25, 0.3) is 0 Å². The third-order valence-electron chi connectivity index (χ3n) is 5.42. The molecule has 24 heavy (non-hydrogen) atoms. The van der Waals surface area contributed by atoms with Gasteiger partial charge in [0.2, 0.25) is 11.8 Å². The van der Waals surface area contributed by atoms with E-state index in [1.165, 1.54) is 0 Å². The Morgan fingerprint density at radius 1 is 1.12 bits per heavy atom. The molecule has 2 amide bonds. The van der Waals surface area contributed by atoms with Crippen LogP contribution in [0.3, 0.4) is 0 Å². The molecule has 0 aromatic carbocycles. The Hall–Kier alpha value is -1.85. The van der Waals surface area contributed by atoms with Gasteiger partial charge in [0, 0.05) is 31.0 Å². The fourth-order valence-electron chi connectivity index (χ4n) is 3.74. The van der Waals surface area contributed by atoms with Crippen LogP contribution >= 0.6 is 0 Å². The average molecular weight is 333 g/mol. The van der Waals surface area contributed by atoms with Crippen molar-refractivity contribution >= 4 is 17.6 Å². The summed E-state index contributed by atoms with van der Waals surface area (Å²) in [5.74, 6) is 2.22. The summed E-state index contributed by atoms with van der Waals surface area (Å²) < 4.78 is 4.96. The van der Waals surface area contributed by atoms with E-state index in [9.17, 15) is 9.59 Å². The molecule has 6 nitrogen and oxygen atoms in total. The number of nitrogens with zero attached hydrogens (tertiary/aromatic N) is 2. The van der Waals surface area contributed by atoms with E-state index >= 15 is 0 Å². The van der Waals surface area contributed by atoms with Gasteiger partial charge in [-0.1, -0.05) is 12.1 Å². The van der Waals surface area contributed by atoms with Gasteiger partial charge in [0.05, 0.1) is 0 Å². The Morgan fingerprint density at radius 3 is 2.33 bits per heavy atom. The Bertz CT molecular complexity index is 582. The molecule has 1 aliphatic carbocycles. The van der Waals surface area contributed by atoms with Gasteiger partial charge >= 0.3 is 0 Å². The summed E-state index contributed by atoms with van der Waals surface area (Å²) in [7, 11) is 0. The third-order valence-corrected chi connectivity index (χ3v) is 5.42. The number of aromatic nitrogens is 1. The van der Waals surface area contributed by atoms with Crippen LogP contribution in [0.4, 0.5) is 5.82 Å². The molecule has 1 saturated heterocycles. The van der Waals surface area contributed by atoms with Crippen LogP contribution in [0.1, 0.15) is 51.2 Å². The normalized spacial score (nSPS) is 25.5. The van der Waals surface area contributed by atoms with Crippen molar-refractivity contribution in [2.75, 3.05) is 18.4 Å². The van der Waals surface area contributed by atoms with Crippen molar-refractivity contribution in [2.45, 2.75) is 52.4 Å². The van der Waals surface area contributed by atoms with Crippen LogP contribution < -0.4 is 5.32 Å². The summed E-state index contributed by atoms with van der Waals surface area (Å²) >= 11 is 0. The number of anilines is 1. The van der Waals surface area contributed by atoms with Crippen molar-refractivity contribution in [2.24, 2.45) is 17.8 Å². The third kappa shape index (κ3) is 3.97. The highest BCUT2D eigenvalue weighted by atomic mass is 16.5. The lowest BCUT2D eigenvalue weighted by molar-refractivity contribution is -0.139. The lowest BCUT2D eigenvalue weighted by Gasteiger charge is -2.35. The van der Waals surface area contributed by atoms with Crippen LogP contribution in [0.5, 0.6) is 0 Å². The molecule has 1 aliphatic heterocycles. The fourth-order valence-corrected chi connectivity index (χ4v) is 3.74. The van der Waals surface area contributed by atoms with E-state index in [0.717, 1.165) is 57.5 Å². The lowest BCUT2D eigenvalue weighted by atomic mass is 9.80. The van der Waals surface area contributed by atoms with Crippen LogP contribution in [-0.4, -0.2) is 35.0 Å². The molecular weight excluding hydrogens is 306 g/mol. The minimum atomic E-state index is -0.0348. The molecule has 0 unspecified atom stereocenters. The zero-order valence-electron chi connectivity index (χ0n) is 14.6. The second kappa shape index (κ2) is 7.36. The molecule has 1 saturated carbocycles. The minimum absolute atomic E-state index is 0.0130. The Labute approximate surface area is 142 Å². The predicted octanol–water partition coefficient (Wildman–Crippen LogP) is 2.99. The number of piperidine rings is 1. The summed E-state index contributed by atoms with van der Waals surface area (Å²) in [4.78, 5) is 27.0. The van der Waals surface area contributed by atoms with Crippen molar-refractivity contribution in [1.29, 1.82) is 0 Å². The average Bonchev–Trinajstić information content (AvgIpc) is 3.00. The van der Waals surface area contributed by atoms with Crippen LogP contribution in [-0.2, 0) is 9.59 Å². The van der Waals surface area contributed by atoms with Gasteiger partial charge in [0.1, 0.15) is 5.76 Å². The number of nitrogens with one attached hydrogen (secondary N) is 1. The Morgan fingerprint density at radius 2 is 1.75 bits per heavy atom. The van der Waals surface area contributed by atoms with Crippen molar-refractivity contribution in [1.82, 2.24) is 10.1 Å². The van der Waals surface area contributed by atoms with Crippen LogP contribution in [0.15, 0.2) is 10.6 Å².